The zero-order valence-corrected chi connectivity index (χ0v) is 19.4. The molecule has 0 saturated heterocycles. The van der Waals surface area contributed by atoms with Crippen molar-refractivity contribution in [3.63, 3.8) is 0 Å². The third kappa shape index (κ3) is 7.02. The van der Waals surface area contributed by atoms with Crippen molar-refractivity contribution in [2.24, 2.45) is 0 Å². The van der Waals surface area contributed by atoms with Crippen molar-refractivity contribution in [2.75, 3.05) is 21.7 Å². The Bertz CT molecular complexity index is 1180. The summed E-state index contributed by atoms with van der Waals surface area (Å²) >= 11 is 2.60. The fourth-order valence-electron chi connectivity index (χ4n) is 2.88. The number of carbonyl (C=O) groups is 3. The molecule has 0 radical (unpaired) electrons. The Hall–Kier alpha value is -3.44. The Labute approximate surface area is 198 Å². The Morgan fingerprint density at radius 1 is 1.00 bits per heavy atom. The highest BCUT2D eigenvalue weighted by atomic mass is 32.2. The summed E-state index contributed by atoms with van der Waals surface area (Å²) < 4.78 is 0.642. The minimum atomic E-state index is -0.201. The number of benzene rings is 2. The molecule has 9 nitrogen and oxygen atoms in total. The van der Waals surface area contributed by atoms with Gasteiger partial charge in [0, 0.05) is 35.6 Å². The second-order valence-electron chi connectivity index (χ2n) is 7.43. The van der Waals surface area contributed by atoms with Crippen LogP contribution in [0.5, 0.6) is 0 Å². The molecule has 0 spiro atoms. The Balaban J connectivity index is 1.27. The van der Waals surface area contributed by atoms with Crippen molar-refractivity contribution in [1.82, 2.24) is 15.5 Å². The number of carbonyl (C=O) groups excluding carboxylic acids is 3. The molecule has 1 aliphatic carbocycles. The molecule has 2 aromatic carbocycles. The largest absolute Gasteiger partial charge is 0.349 e. The number of thioether (sulfide) groups is 1. The van der Waals surface area contributed by atoms with Gasteiger partial charge in [-0.25, -0.2) is 0 Å². The van der Waals surface area contributed by atoms with Gasteiger partial charge in [0.2, 0.25) is 16.9 Å². The molecule has 4 rings (SSSR count). The molecule has 1 heterocycles. The number of anilines is 4. The van der Waals surface area contributed by atoms with Crippen LogP contribution in [0.25, 0.3) is 0 Å². The lowest BCUT2D eigenvalue weighted by Gasteiger charge is -2.07. The number of hydrogen-bond donors (Lipinski definition) is 4. The van der Waals surface area contributed by atoms with E-state index in [1.165, 1.54) is 30.0 Å². The number of aromatic nitrogens is 2. The van der Waals surface area contributed by atoms with Crippen LogP contribution < -0.4 is 21.3 Å². The van der Waals surface area contributed by atoms with Gasteiger partial charge in [-0.2, -0.15) is 0 Å². The molecule has 3 aromatic rings. The summed E-state index contributed by atoms with van der Waals surface area (Å²) in [6.07, 6.45) is 2.04. The zero-order valence-electron chi connectivity index (χ0n) is 17.8. The lowest BCUT2D eigenvalue weighted by molar-refractivity contribution is -0.114. The molecule has 0 unspecified atom stereocenters. The van der Waals surface area contributed by atoms with Crippen molar-refractivity contribution in [1.29, 1.82) is 0 Å². The van der Waals surface area contributed by atoms with Crippen LogP contribution in [0.2, 0.25) is 0 Å². The maximum absolute atomic E-state index is 12.4. The molecular formula is C22H22N6O3S2. The molecule has 0 aliphatic heterocycles. The first kappa shape index (κ1) is 22.7. The fourth-order valence-corrected chi connectivity index (χ4v) is 4.45. The Morgan fingerprint density at radius 3 is 2.48 bits per heavy atom. The molecule has 1 fully saturated rings. The summed E-state index contributed by atoms with van der Waals surface area (Å²) in [5, 5.41) is 20.4. The van der Waals surface area contributed by atoms with Crippen LogP contribution >= 0.6 is 23.1 Å². The topological polar surface area (TPSA) is 125 Å². The molecule has 11 heteroatoms. The number of rotatable bonds is 9. The highest BCUT2D eigenvalue weighted by molar-refractivity contribution is 8.01. The first-order valence-corrected chi connectivity index (χ1v) is 12.1. The van der Waals surface area contributed by atoms with E-state index >= 15 is 0 Å². The first-order chi connectivity index (χ1) is 15.9. The quantitative estimate of drug-likeness (QED) is 0.341. The highest BCUT2D eigenvalue weighted by Gasteiger charge is 2.23. The van der Waals surface area contributed by atoms with Gasteiger partial charge in [-0.15, -0.1) is 10.2 Å². The van der Waals surface area contributed by atoms with Gasteiger partial charge < -0.3 is 21.3 Å². The SMILES string of the molecule is CC(=O)Nc1cccc(Nc2nnc(SCC(=O)Nc3cccc(C(=O)NC4CC4)c3)s2)c1. The van der Waals surface area contributed by atoms with Crippen molar-refractivity contribution >= 4 is 63.0 Å². The predicted octanol–water partition coefficient (Wildman–Crippen LogP) is 3.86. The minimum Gasteiger partial charge on any atom is -0.349 e. The minimum absolute atomic E-state index is 0.125. The van der Waals surface area contributed by atoms with Gasteiger partial charge in [-0.3, -0.25) is 14.4 Å². The molecule has 1 saturated carbocycles. The van der Waals surface area contributed by atoms with Crippen LogP contribution in [-0.4, -0.2) is 39.7 Å². The summed E-state index contributed by atoms with van der Waals surface area (Å²) in [5.74, 6) is -0.314. The molecular weight excluding hydrogens is 460 g/mol. The van der Waals surface area contributed by atoms with Gasteiger partial charge in [0.15, 0.2) is 4.34 Å². The fraction of sp³-hybridized carbons (Fsp3) is 0.227. The normalized spacial score (nSPS) is 12.6. The van der Waals surface area contributed by atoms with Crippen LogP contribution in [0.3, 0.4) is 0 Å². The number of amides is 3. The van der Waals surface area contributed by atoms with E-state index < -0.39 is 0 Å². The summed E-state index contributed by atoms with van der Waals surface area (Å²) in [5.41, 5.74) is 2.53. The Morgan fingerprint density at radius 2 is 1.73 bits per heavy atom. The smallest absolute Gasteiger partial charge is 0.251 e. The van der Waals surface area contributed by atoms with Crippen LogP contribution in [0.15, 0.2) is 52.9 Å². The summed E-state index contributed by atoms with van der Waals surface area (Å²) in [6.45, 7) is 1.45. The van der Waals surface area contributed by atoms with Crippen LogP contribution in [-0.2, 0) is 9.59 Å². The maximum atomic E-state index is 12.4. The van der Waals surface area contributed by atoms with E-state index in [0.29, 0.717) is 26.4 Å². The summed E-state index contributed by atoms with van der Waals surface area (Å²) in [6, 6.07) is 14.4. The standard InChI is InChI=1S/C22H22N6O3S2/c1-13(29)23-17-6-3-7-18(11-17)26-21-27-28-22(33-21)32-12-19(30)24-16-5-2-4-14(10-16)20(31)25-15-8-9-15/h2-7,10-11,15H,8-9,12H2,1H3,(H,23,29)(H,24,30)(H,25,31)(H,26,27). The van der Waals surface area contributed by atoms with Crippen molar-refractivity contribution in [3.8, 4) is 0 Å². The van der Waals surface area contributed by atoms with Crippen LogP contribution in [0.4, 0.5) is 22.2 Å². The third-order valence-corrected chi connectivity index (χ3v) is 6.46. The zero-order chi connectivity index (χ0) is 23.2. The van der Waals surface area contributed by atoms with Gasteiger partial charge >= 0.3 is 0 Å². The number of nitrogens with one attached hydrogen (secondary N) is 4. The predicted molar refractivity (Wildman–Crippen MR) is 130 cm³/mol. The molecule has 3 amide bonds. The third-order valence-electron chi connectivity index (χ3n) is 4.49. The van der Waals surface area contributed by atoms with E-state index in [2.05, 4.69) is 31.5 Å². The second-order valence-corrected chi connectivity index (χ2v) is 9.63. The lowest BCUT2D eigenvalue weighted by Crippen LogP contribution is -2.25. The maximum Gasteiger partial charge on any atom is 0.251 e. The van der Waals surface area contributed by atoms with E-state index in [0.717, 1.165) is 18.5 Å². The number of nitrogens with zero attached hydrogens (tertiary/aromatic N) is 2. The average molecular weight is 483 g/mol. The van der Waals surface area contributed by atoms with E-state index in [1.54, 1.807) is 36.4 Å². The molecule has 1 aromatic heterocycles. The van der Waals surface area contributed by atoms with Crippen molar-refractivity contribution < 1.29 is 14.4 Å². The summed E-state index contributed by atoms with van der Waals surface area (Å²) in [4.78, 5) is 35.7. The molecule has 0 bridgehead atoms. The monoisotopic (exact) mass is 482 g/mol. The lowest BCUT2D eigenvalue weighted by atomic mass is 10.2. The van der Waals surface area contributed by atoms with Gasteiger partial charge in [0.05, 0.1) is 5.75 Å². The summed E-state index contributed by atoms with van der Waals surface area (Å²) in [7, 11) is 0. The second kappa shape index (κ2) is 10.5. The average Bonchev–Trinajstić information content (AvgIpc) is 3.48. The molecule has 0 atom stereocenters. The van der Waals surface area contributed by atoms with E-state index in [-0.39, 0.29) is 29.5 Å². The molecule has 1 aliphatic rings. The van der Waals surface area contributed by atoms with Crippen molar-refractivity contribution in [2.45, 2.75) is 30.1 Å². The molecule has 170 valence electrons. The molecule has 4 N–H and O–H groups in total. The van der Waals surface area contributed by atoms with Gasteiger partial charge in [0.1, 0.15) is 0 Å². The van der Waals surface area contributed by atoms with E-state index in [4.69, 9.17) is 0 Å². The van der Waals surface area contributed by atoms with E-state index in [1.807, 2.05) is 12.1 Å². The van der Waals surface area contributed by atoms with Gasteiger partial charge in [0.25, 0.3) is 5.91 Å². The highest BCUT2D eigenvalue weighted by Crippen LogP contribution is 2.28. The van der Waals surface area contributed by atoms with E-state index in [9.17, 15) is 14.4 Å². The van der Waals surface area contributed by atoms with Gasteiger partial charge in [-0.05, 0) is 49.2 Å². The van der Waals surface area contributed by atoms with Crippen molar-refractivity contribution in [3.05, 3.63) is 54.1 Å². The van der Waals surface area contributed by atoms with Crippen LogP contribution in [0.1, 0.15) is 30.1 Å². The number of hydrogen-bond acceptors (Lipinski definition) is 8. The van der Waals surface area contributed by atoms with Crippen LogP contribution in [0, 0.1) is 0 Å². The first-order valence-electron chi connectivity index (χ1n) is 10.3. The van der Waals surface area contributed by atoms with Gasteiger partial charge in [-0.1, -0.05) is 35.2 Å². The molecule has 33 heavy (non-hydrogen) atoms. The Kier molecular flexibility index (Phi) is 7.20.